The summed E-state index contributed by atoms with van der Waals surface area (Å²) in [7, 11) is 0. The number of hydrogen-bond donors (Lipinski definition) is 1. The minimum Gasteiger partial charge on any atom is -0.452 e. The average molecular weight is 393 g/mol. The molecule has 3 rings (SSSR count). The maximum absolute atomic E-state index is 12.4. The lowest BCUT2D eigenvalue weighted by Gasteiger charge is -2.14. The highest BCUT2D eigenvalue weighted by molar-refractivity contribution is 5.94. The summed E-state index contributed by atoms with van der Waals surface area (Å²) in [4.78, 5) is 40.9. The van der Waals surface area contributed by atoms with Gasteiger partial charge in [-0.2, -0.15) is 0 Å². The molecule has 1 atom stereocenters. The lowest BCUT2D eigenvalue weighted by molar-refractivity contribution is -0.124. The lowest BCUT2D eigenvalue weighted by atomic mass is 10.1. The van der Waals surface area contributed by atoms with Crippen LogP contribution in [-0.4, -0.2) is 28.0 Å². The molecule has 0 saturated heterocycles. The Morgan fingerprint density at radius 1 is 1.17 bits per heavy atom. The van der Waals surface area contributed by atoms with Crippen molar-refractivity contribution < 1.29 is 14.3 Å². The first kappa shape index (κ1) is 20.3. The minimum atomic E-state index is -0.622. The van der Waals surface area contributed by atoms with Crippen LogP contribution in [0.15, 0.2) is 53.3 Å². The van der Waals surface area contributed by atoms with Gasteiger partial charge in [-0.1, -0.05) is 30.3 Å². The Morgan fingerprint density at radius 3 is 2.59 bits per heavy atom. The predicted molar refractivity (Wildman–Crippen MR) is 110 cm³/mol. The molecule has 0 fully saturated rings. The van der Waals surface area contributed by atoms with Gasteiger partial charge in [-0.3, -0.25) is 9.59 Å². The number of nitrogens with zero attached hydrogens (tertiary/aromatic N) is 2. The van der Waals surface area contributed by atoms with Gasteiger partial charge in [0.2, 0.25) is 0 Å². The van der Waals surface area contributed by atoms with E-state index in [1.54, 1.807) is 29.7 Å². The zero-order valence-corrected chi connectivity index (χ0v) is 16.6. The molecule has 0 radical (unpaired) electrons. The number of amides is 1. The Morgan fingerprint density at radius 2 is 1.90 bits per heavy atom. The molecule has 0 bridgehead atoms. The Kier molecular flexibility index (Phi) is 6.07. The zero-order chi connectivity index (χ0) is 21.0. The zero-order valence-electron chi connectivity index (χ0n) is 16.6. The van der Waals surface area contributed by atoms with E-state index in [2.05, 4.69) is 10.3 Å². The summed E-state index contributed by atoms with van der Waals surface area (Å²) in [6.07, 6.45) is 0. The molecule has 7 heteroatoms. The summed E-state index contributed by atoms with van der Waals surface area (Å²) in [5.74, 6) is -1.01. The second-order valence-electron chi connectivity index (χ2n) is 6.73. The molecule has 150 valence electrons. The second kappa shape index (κ2) is 8.68. The molecular weight excluding hydrogens is 370 g/mol. The predicted octanol–water partition coefficient (Wildman–Crippen LogP) is 2.76. The number of carbonyl (C=O) groups excluding carboxylic acids is 2. The number of esters is 1. The monoisotopic (exact) mass is 393 g/mol. The van der Waals surface area contributed by atoms with Gasteiger partial charge in [-0.25, -0.2) is 9.78 Å². The van der Waals surface area contributed by atoms with E-state index < -0.39 is 5.97 Å². The number of fused-ring (bicyclic) bond motifs is 1. The second-order valence-corrected chi connectivity index (χ2v) is 6.73. The van der Waals surface area contributed by atoms with Gasteiger partial charge in [-0.05, 0) is 44.5 Å². The van der Waals surface area contributed by atoms with Crippen LogP contribution in [0.25, 0.3) is 11.0 Å². The Balaban J connectivity index is 1.67. The highest BCUT2D eigenvalue weighted by atomic mass is 16.5. The molecule has 0 saturated carbocycles. The third-order valence-electron chi connectivity index (χ3n) is 4.67. The van der Waals surface area contributed by atoms with Crippen LogP contribution >= 0.6 is 0 Å². The van der Waals surface area contributed by atoms with Crippen molar-refractivity contribution in [2.24, 2.45) is 0 Å². The van der Waals surface area contributed by atoms with Crippen LogP contribution in [0.2, 0.25) is 0 Å². The largest absolute Gasteiger partial charge is 0.452 e. The van der Waals surface area contributed by atoms with E-state index in [0.717, 1.165) is 5.56 Å². The topological polar surface area (TPSA) is 90.3 Å². The van der Waals surface area contributed by atoms with Crippen LogP contribution in [0, 0.1) is 6.92 Å². The van der Waals surface area contributed by atoms with Crippen molar-refractivity contribution in [1.29, 1.82) is 0 Å². The summed E-state index contributed by atoms with van der Waals surface area (Å²) in [5.41, 5.74) is 2.62. The molecule has 0 aliphatic carbocycles. The van der Waals surface area contributed by atoms with Crippen molar-refractivity contribution in [3.63, 3.8) is 0 Å². The van der Waals surface area contributed by atoms with E-state index in [0.29, 0.717) is 23.3 Å². The lowest BCUT2D eigenvalue weighted by Crippen LogP contribution is -2.31. The normalized spacial score (nSPS) is 11.8. The van der Waals surface area contributed by atoms with Crippen molar-refractivity contribution in [1.82, 2.24) is 14.9 Å². The first-order valence-corrected chi connectivity index (χ1v) is 9.43. The average Bonchev–Trinajstić information content (AvgIpc) is 2.73. The van der Waals surface area contributed by atoms with E-state index in [9.17, 15) is 14.4 Å². The van der Waals surface area contributed by atoms with E-state index in [1.165, 1.54) is 0 Å². The molecule has 1 amide bonds. The number of nitrogens with one attached hydrogen (secondary N) is 1. The molecule has 2 aromatic carbocycles. The van der Waals surface area contributed by atoms with Gasteiger partial charge in [0.25, 0.3) is 11.5 Å². The van der Waals surface area contributed by atoms with Gasteiger partial charge in [0, 0.05) is 6.54 Å². The summed E-state index contributed by atoms with van der Waals surface area (Å²) >= 11 is 0. The minimum absolute atomic E-state index is 0.153. The molecule has 3 aromatic rings. The van der Waals surface area contributed by atoms with Crippen LogP contribution in [-0.2, 0) is 16.1 Å². The molecular formula is C22H23N3O4. The number of ether oxygens (including phenoxy) is 1. The van der Waals surface area contributed by atoms with Gasteiger partial charge in [0.05, 0.1) is 22.6 Å². The van der Waals surface area contributed by atoms with Gasteiger partial charge in [0.1, 0.15) is 5.69 Å². The summed E-state index contributed by atoms with van der Waals surface area (Å²) in [5, 5.41) is 2.79. The number of aromatic nitrogens is 2. The molecule has 7 nitrogen and oxygen atoms in total. The van der Waals surface area contributed by atoms with E-state index in [-0.39, 0.29) is 29.7 Å². The fourth-order valence-corrected chi connectivity index (χ4v) is 3.14. The fraction of sp³-hybridized carbons (Fsp3) is 0.273. The Labute approximate surface area is 168 Å². The number of aryl methyl sites for hydroxylation is 2. The standard InChI is InChI=1S/C22H23N3O4/c1-4-25-19-11-10-17(12-18(19)23-15(3)21(25)27)22(28)29-13-20(26)24-14(2)16-8-6-5-7-9-16/h5-12,14H,4,13H2,1-3H3,(H,24,26)/t14-/m0/s1. The quantitative estimate of drug-likeness (QED) is 0.651. The van der Waals surface area contributed by atoms with Crippen molar-refractivity contribution >= 4 is 22.9 Å². The summed E-state index contributed by atoms with van der Waals surface area (Å²) < 4.78 is 6.74. The number of rotatable bonds is 6. The summed E-state index contributed by atoms with van der Waals surface area (Å²) in [6.45, 7) is 5.49. The summed E-state index contributed by atoms with van der Waals surface area (Å²) in [6, 6.07) is 14.1. The molecule has 1 heterocycles. The van der Waals surface area contributed by atoms with Crippen molar-refractivity contribution in [2.75, 3.05) is 6.61 Å². The molecule has 29 heavy (non-hydrogen) atoms. The van der Waals surface area contributed by atoms with Crippen molar-refractivity contribution in [3.8, 4) is 0 Å². The first-order valence-electron chi connectivity index (χ1n) is 9.43. The third kappa shape index (κ3) is 4.51. The van der Waals surface area contributed by atoms with Gasteiger partial charge in [-0.15, -0.1) is 0 Å². The van der Waals surface area contributed by atoms with Gasteiger partial charge < -0.3 is 14.6 Å². The van der Waals surface area contributed by atoms with E-state index in [4.69, 9.17) is 4.74 Å². The maximum Gasteiger partial charge on any atom is 0.338 e. The molecule has 0 unspecified atom stereocenters. The fourth-order valence-electron chi connectivity index (χ4n) is 3.14. The maximum atomic E-state index is 12.4. The Bertz CT molecular complexity index is 1110. The third-order valence-corrected chi connectivity index (χ3v) is 4.67. The highest BCUT2D eigenvalue weighted by Gasteiger charge is 2.15. The van der Waals surface area contributed by atoms with Crippen molar-refractivity contribution in [3.05, 3.63) is 75.7 Å². The van der Waals surface area contributed by atoms with Gasteiger partial charge in [0.15, 0.2) is 6.61 Å². The smallest absolute Gasteiger partial charge is 0.338 e. The van der Waals surface area contributed by atoms with Gasteiger partial charge >= 0.3 is 5.97 Å². The SMILES string of the molecule is CCn1c(=O)c(C)nc2cc(C(=O)OCC(=O)N[C@@H](C)c3ccccc3)ccc21. The Hall–Kier alpha value is -3.48. The molecule has 1 aromatic heterocycles. The van der Waals surface area contributed by atoms with Crippen LogP contribution in [0.4, 0.5) is 0 Å². The molecule has 0 aliphatic heterocycles. The van der Waals surface area contributed by atoms with Crippen LogP contribution < -0.4 is 10.9 Å². The first-order chi connectivity index (χ1) is 13.9. The molecule has 0 spiro atoms. The molecule has 1 N–H and O–H groups in total. The van der Waals surface area contributed by atoms with E-state index in [1.807, 2.05) is 44.2 Å². The number of hydrogen-bond acceptors (Lipinski definition) is 5. The number of carbonyl (C=O) groups is 2. The highest BCUT2D eigenvalue weighted by Crippen LogP contribution is 2.15. The van der Waals surface area contributed by atoms with Crippen LogP contribution in [0.1, 0.15) is 41.5 Å². The number of benzene rings is 2. The van der Waals surface area contributed by atoms with Crippen LogP contribution in [0.5, 0.6) is 0 Å². The van der Waals surface area contributed by atoms with Crippen molar-refractivity contribution in [2.45, 2.75) is 33.4 Å². The van der Waals surface area contributed by atoms with Crippen LogP contribution in [0.3, 0.4) is 0 Å². The molecule has 0 aliphatic rings. The van der Waals surface area contributed by atoms with E-state index >= 15 is 0 Å².